The Labute approximate surface area is 162 Å². The topological polar surface area (TPSA) is 75.4 Å². The van der Waals surface area contributed by atoms with E-state index >= 15 is 0 Å². The fourth-order valence-electron chi connectivity index (χ4n) is 4.33. The number of carbonyl (C=O) groups is 1. The summed E-state index contributed by atoms with van der Waals surface area (Å²) in [6, 6.07) is 5.32. The van der Waals surface area contributed by atoms with E-state index in [1.807, 2.05) is 13.0 Å². The maximum absolute atomic E-state index is 13.4. The van der Waals surface area contributed by atoms with Gasteiger partial charge in [0.2, 0.25) is 11.9 Å². The summed E-state index contributed by atoms with van der Waals surface area (Å²) in [6.07, 6.45) is 2.19. The van der Waals surface area contributed by atoms with Crippen LogP contribution in [-0.2, 0) is 11.3 Å². The van der Waals surface area contributed by atoms with Crippen LogP contribution in [0.3, 0.4) is 0 Å². The number of nitrogens with two attached hydrogens (primary N) is 1. The summed E-state index contributed by atoms with van der Waals surface area (Å²) < 4.78 is 26.9. The van der Waals surface area contributed by atoms with Gasteiger partial charge >= 0.3 is 0 Å². The lowest BCUT2D eigenvalue weighted by Gasteiger charge is -2.39. The van der Waals surface area contributed by atoms with Gasteiger partial charge in [0, 0.05) is 55.8 Å². The molecule has 0 aliphatic carbocycles. The number of aromatic nitrogens is 2. The lowest BCUT2D eigenvalue weighted by Crippen LogP contribution is -2.42. The molecule has 1 aromatic carbocycles. The second-order valence-corrected chi connectivity index (χ2v) is 7.92. The van der Waals surface area contributed by atoms with E-state index in [0.717, 1.165) is 43.5 Å². The molecule has 2 aromatic rings. The van der Waals surface area contributed by atoms with Gasteiger partial charge in [-0.25, -0.2) is 13.8 Å². The van der Waals surface area contributed by atoms with Gasteiger partial charge in [0.25, 0.3) is 0 Å². The van der Waals surface area contributed by atoms with Crippen molar-refractivity contribution < 1.29 is 13.6 Å². The number of anilines is 2. The molecule has 2 aliphatic rings. The van der Waals surface area contributed by atoms with Crippen molar-refractivity contribution >= 4 is 17.7 Å². The Bertz CT molecular complexity index is 871. The molecule has 0 atom stereocenters. The van der Waals surface area contributed by atoms with Crippen LogP contribution in [0.25, 0.3) is 0 Å². The van der Waals surface area contributed by atoms with E-state index in [-0.39, 0.29) is 23.8 Å². The molecule has 0 unspecified atom stereocenters. The van der Waals surface area contributed by atoms with Crippen molar-refractivity contribution in [2.24, 2.45) is 5.41 Å². The minimum atomic E-state index is -0.621. The van der Waals surface area contributed by atoms with Crippen molar-refractivity contribution in [3.63, 3.8) is 0 Å². The third-order valence-corrected chi connectivity index (χ3v) is 5.71. The molecular formula is C20H23F2N5O. The van der Waals surface area contributed by atoms with Crippen molar-refractivity contribution in [2.45, 2.75) is 32.7 Å². The van der Waals surface area contributed by atoms with E-state index in [2.05, 4.69) is 14.9 Å². The zero-order valence-corrected chi connectivity index (χ0v) is 15.8. The van der Waals surface area contributed by atoms with E-state index in [4.69, 9.17) is 5.73 Å². The third-order valence-electron chi connectivity index (χ3n) is 5.71. The highest BCUT2D eigenvalue weighted by atomic mass is 19.1. The summed E-state index contributed by atoms with van der Waals surface area (Å²) in [7, 11) is 0. The molecule has 1 aromatic heterocycles. The summed E-state index contributed by atoms with van der Waals surface area (Å²) in [5, 5.41) is 0. The Kier molecular flexibility index (Phi) is 4.64. The second-order valence-electron chi connectivity index (χ2n) is 7.92. The number of likely N-dealkylation sites (tertiary alicyclic amines) is 1. The predicted molar refractivity (Wildman–Crippen MR) is 101 cm³/mol. The van der Waals surface area contributed by atoms with Gasteiger partial charge in [-0.05, 0) is 37.5 Å². The van der Waals surface area contributed by atoms with Gasteiger partial charge in [0.1, 0.15) is 17.5 Å². The monoisotopic (exact) mass is 387 g/mol. The zero-order valence-electron chi connectivity index (χ0n) is 15.8. The van der Waals surface area contributed by atoms with Gasteiger partial charge in [-0.15, -0.1) is 0 Å². The van der Waals surface area contributed by atoms with Gasteiger partial charge in [0.05, 0.1) is 0 Å². The normalized spacial score (nSPS) is 18.9. The quantitative estimate of drug-likeness (QED) is 0.876. The van der Waals surface area contributed by atoms with Crippen LogP contribution >= 0.6 is 0 Å². The maximum atomic E-state index is 13.4. The molecule has 3 heterocycles. The summed E-state index contributed by atoms with van der Waals surface area (Å²) in [6.45, 7) is 4.30. The summed E-state index contributed by atoms with van der Waals surface area (Å²) in [4.78, 5) is 24.9. The number of piperidine rings is 1. The average molecular weight is 387 g/mol. The highest BCUT2D eigenvalue weighted by molar-refractivity contribution is 5.79. The number of aryl methyl sites for hydroxylation is 1. The second kappa shape index (κ2) is 7.00. The molecular weight excluding hydrogens is 364 g/mol. The number of carbonyl (C=O) groups excluding carboxylic acids is 1. The fraction of sp³-hybridized carbons (Fsp3) is 0.450. The van der Waals surface area contributed by atoms with Crippen LogP contribution in [-0.4, -0.2) is 40.4 Å². The Morgan fingerprint density at radius 3 is 2.43 bits per heavy atom. The van der Waals surface area contributed by atoms with Crippen molar-refractivity contribution in [1.29, 1.82) is 0 Å². The van der Waals surface area contributed by atoms with Gasteiger partial charge in [0.15, 0.2) is 0 Å². The maximum Gasteiger partial charge on any atom is 0.223 e. The first kappa shape index (κ1) is 18.6. The molecule has 2 saturated heterocycles. The summed E-state index contributed by atoms with van der Waals surface area (Å²) in [5.41, 5.74) is 6.97. The summed E-state index contributed by atoms with van der Waals surface area (Å²) >= 11 is 0. The van der Waals surface area contributed by atoms with Crippen LogP contribution in [0, 0.1) is 24.0 Å². The Hall–Kier alpha value is -2.77. The molecule has 0 bridgehead atoms. The molecule has 1 spiro atoms. The van der Waals surface area contributed by atoms with Crippen LogP contribution < -0.4 is 10.6 Å². The van der Waals surface area contributed by atoms with Crippen LogP contribution in [0.4, 0.5) is 20.5 Å². The molecule has 148 valence electrons. The number of hydrogen-bond donors (Lipinski definition) is 1. The van der Waals surface area contributed by atoms with Crippen LogP contribution in [0.15, 0.2) is 24.3 Å². The van der Waals surface area contributed by atoms with E-state index in [0.29, 0.717) is 18.5 Å². The number of nitrogen functional groups attached to an aromatic ring is 1. The first-order valence-corrected chi connectivity index (χ1v) is 9.41. The number of halogens is 2. The van der Waals surface area contributed by atoms with Crippen LogP contribution in [0.2, 0.25) is 0 Å². The van der Waals surface area contributed by atoms with E-state index in [1.54, 1.807) is 4.90 Å². The number of benzene rings is 1. The molecule has 2 N–H and O–H groups in total. The Morgan fingerprint density at radius 2 is 1.79 bits per heavy atom. The largest absolute Gasteiger partial charge is 0.368 e. The number of hydrogen-bond acceptors (Lipinski definition) is 5. The molecule has 6 nitrogen and oxygen atoms in total. The number of amides is 1. The zero-order chi connectivity index (χ0) is 19.9. The first-order valence-electron chi connectivity index (χ1n) is 9.41. The van der Waals surface area contributed by atoms with Gasteiger partial charge in [-0.1, -0.05) is 0 Å². The minimum absolute atomic E-state index is 0.0419. The number of rotatable bonds is 3. The third kappa shape index (κ3) is 3.76. The molecule has 2 aliphatic heterocycles. The molecule has 28 heavy (non-hydrogen) atoms. The smallest absolute Gasteiger partial charge is 0.223 e. The fourth-order valence-corrected chi connectivity index (χ4v) is 4.33. The molecule has 1 amide bonds. The molecule has 8 heteroatoms. The van der Waals surface area contributed by atoms with Crippen molar-refractivity contribution in [1.82, 2.24) is 14.9 Å². The minimum Gasteiger partial charge on any atom is -0.368 e. The Balaban J connectivity index is 1.42. The van der Waals surface area contributed by atoms with E-state index in [9.17, 15) is 13.6 Å². The predicted octanol–water partition coefficient (Wildman–Crippen LogP) is 2.66. The first-order chi connectivity index (χ1) is 13.3. The average Bonchev–Trinajstić information content (AvgIpc) is 2.88. The standard InChI is InChI=1S/C20H23F2N5O/c1-13-6-17(25-19(23)24-13)26-4-2-20(3-5-26)10-18(28)27(12-20)11-14-7-15(21)9-16(22)8-14/h6-9H,2-5,10-12H2,1H3,(H2,23,24,25). The molecule has 4 rings (SSSR count). The van der Waals surface area contributed by atoms with Crippen LogP contribution in [0.5, 0.6) is 0 Å². The highest BCUT2D eigenvalue weighted by Gasteiger charge is 2.45. The Morgan fingerprint density at radius 1 is 1.11 bits per heavy atom. The molecule has 0 saturated carbocycles. The SMILES string of the molecule is Cc1cc(N2CCC3(CC2)CC(=O)N(Cc2cc(F)cc(F)c2)C3)nc(N)n1. The van der Waals surface area contributed by atoms with Crippen LogP contribution in [0.1, 0.15) is 30.5 Å². The summed E-state index contributed by atoms with van der Waals surface area (Å²) in [5.74, 6) is -0.121. The van der Waals surface area contributed by atoms with Crippen molar-refractivity contribution in [2.75, 3.05) is 30.3 Å². The van der Waals surface area contributed by atoms with E-state index < -0.39 is 11.6 Å². The van der Waals surface area contributed by atoms with Crippen molar-refractivity contribution in [3.05, 3.63) is 47.2 Å². The number of nitrogens with zero attached hydrogens (tertiary/aromatic N) is 4. The highest BCUT2D eigenvalue weighted by Crippen LogP contribution is 2.42. The lowest BCUT2D eigenvalue weighted by atomic mass is 9.77. The van der Waals surface area contributed by atoms with E-state index in [1.165, 1.54) is 12.1 Å². The molecule has 2 fully saturated rings. The molecule has 0 radical (unpaired) electrons. The van der Waals surface area contributed by atoms with Gasteiger partial charge in [-0.2, -0.15) is 4.98 Å². The van der Waals surface area contributed by atoms with Gasteiger partial charge < -0.3 is 15.5 Å². The van der Waals surface area contributed by atoms with Crippen molar-refractivity contribution in [3.8, 4) is 0 Å². The lowest BCUT2D eigenvalue weighted by molar-refractivity contribution is -0.128. The van der Waals surface area contributed by atoms with Gasteiger partial charge in [-0.3, -0.25) is 4.79 Å².